The third kappa shape index (κ3) is 4.51. The average Bonchev–Trinajstić information content (AvgIpc) is 3.16. The molecule has 1 amide bonds. The first-order chi connectivity index (χ1) is 17.3. The van der Waals surface area contributed by atoms with Crippen LogP contribution in [-0.2, 0) is 0 Å². The van der Waals surface area contributed by atoms with E-state index in [1.807, 2.05) is 38.1 Å². The van der Waals surface area contributed by atoms with Gasteiger partial charge in [-0.05, 0) is 67.9 Å². The number of hydrogen-bond donors (Lipinski definition) is 0. The second kappa shape index (κ2) is 10.6. The first-order valence-corrected chi connectivity index (χ1v) is 12.4. The second-order valence-corrected chi connectivity index (χ2v) is 9.04. The highest BCUT2D eigenvalue weighted by Crippen LogP contribution is 2.41. The van der Waals surface area contributed by atoms with E-state index < -0.39 is 6.04 Å². The third-order valence-electron chi connectivity index (χ3n) is 6.99. The Kier molecular flexibility index (Phi) is 7.50. The Bertz CT molecular complexity index is 1360. The number of carbonyl (C=O) groups is 1. The molecule has 0 radical (unpaired) electrons. The maximum absolute atomic E-state index is 13.9. The van der Waals surface area contributed by atoms with E-state index in [0.717, 1.165) is 29.8 Å². The predicted octanol–water partition coefficient (Wildman–Crippen LogP) is 4.87. The molecule has 3 aromatic rings. The molecular weight excluding hydrogens is 456 g/mol. The van der Waals surface area contributed by atoms with E-state index in [2.05, 4.69) is 25.3 Å². The van der Waals surface area contributed by atoms with Crippen LogP contribution in [0, 0.1) is 13.8 Å². The van der Waals surface area contributed by atoms with E-state index in [9.17, 15) is 9.59 Å². The van der Waals surface area contributed by atoms with Crippen LogP contribution in [0.2, 0.25) is 0 Å². The van der Waals surface area contributed by atoms with Crippen molar-refractivity contribution >= 4 is 16.9 Å². The van der Waals surface area contributed by atoms with Crippen molar-refractivity contribution in [1.82, 2.24) is 9.80 Å². The van der Waals surface area contributed by atoms with Crippen LogP contribution in [-0.4, -0.2) is 55.6 Å². The van der Waals surface area contributed by atoms with Crippen LogP contribution in [0.5, 0.6) is 11.5 Å². The van der Waals surface area contributed by atoms with Gasteiger partial charge >= 0.3 is 0 Å². The first-order valence-electron chi connectivity index (χ1n) is 12.4. The number of carbonyl (C=O) groups excluding carboxylic acids is 1. The molecule has 1 unspecified atom stereocenters. The zero-order chi connectivity index (χ0) is 26.0. The van der Waals surface area contributed by atoms with Gasteiger partial charge in [-0.2, -0.15) is 0 Å². The Balaban J connectivity index is 1.89. The molecule has 2 aromatic carbocycles. The summed E-state index contributed by atoms with van der Waals surface area (Å²) in [6.45, 7) is 15.0. The number of benzene rings is 2. The minimum Gasteiger partial charge on any atom is -0.493 e. The smallest absolute Gasteiger partial charge is 0.290 e. The topological polar surface area (TPSA) is 72.2 Å². The molecule has 0 saturated carbocycles. The fourth-order valence-corrected chi connectivity index (χ4v) is 4.76. The van der Waals surface area contributed by atoms with E-state index in [1.165, 1.54) is 0 Å². The zero-order valence-corrected chi connectivity index (χ0v) is 21.7. The molecule has 0 spiro atoms. The lowest BCUT2D eigenvalue weighted by Crippen LogP contribution is -2.37. The summed E-state index contributed by atoms with van der Waals surface area (Å²) in [6.07, 6.45) is 1.66. The van der Waals surface area contributed by atoms with Crippen LogP contribution in [0.4, 0.5) is 0 Å². The van der Waals surface area contributed by atoms with Crippen molar-refractivity contribution < 1.29 is 18.7 Å². The molecule has 0 saturated heterocycles. The van der Waals surface area contributed by atoms with Gasteiger partial charge in [-0.25, -0.2) is 0 Å². The molecule has 0 bridgehead atoms. The van der Waals surface area contributed by atoms with Crippen LogP contribution < -0.4 is 14.9 Å². The van der Waals surface area contributed by atoms with Gasteiger partial charge in [0.25, 0.3) is 5.91 Å². The summed E-state index contributed by atoms with van der Waals surface area (Å²) in [7, 11) is 1.57. The highest BCUT2D eigenvalue weighted by molar-refractivity contribution is 5.99. The average molecular weight is 491 g/mol. The summed E-state index contributed by atoms with van der Waals surface area (Å²) in [5.41, 5.74) is 3.40. The summed E-state index contributed by atoms with van der Waals surface area (Å²) in [4.78, 5) is 31.5. The quantitative estimate of drug-likeness (QED) is 0.378. The van der Waals surface area contributed by atoms with Gasteiger partial charge in [0.2, 0.25) is 5.76 Å². The molecule has 190 valence electrons. The molecule has 7 heteroatoms. The molecule has 1 aliphatic rings. The van der Waals surface area contributed by atoms with Gasteiger partial charge in [-0.1, -0.05) is 32.6 Å². The number of rotatable bonds is 10. The van der Waals surface area contributed by atoms with Crippen molar-refractivity contribution in [3.63, 3.8) is 0 Å². The lowest BCUT2D eigenvalue weighted by molar-refractivity contribution is 0.0708. The molecule has 7 nitrogen and oxygen atoms in total. The highest BCUT2D eigenvalue weighted by atomic mass is 16.5. The fraction of sp³-hybridized carbons (Fsp3) is 0.379. The summed E-state index contributed by atoms with van der Waals surface area (Å²) in [6, 6.07) is 8.61. The van der Waals surface area contributed by atoms with E-state index in [0.29, 0.717) is 47.7 Å². The normalized spacial score (nSPS) is 15.0. The van der Waals surface area contributed by atoms with Crippen molar-refractivity contribution in [1.29, 1.82) is 0 Å². The molecule has 36 heavy (non-hydrogen) atoms. The summed E-state index contributed by atoms with van der Waals surface area (Å²) in [5.74, 6) is 0.934. The molecular formula is C29H34N2O5. The van der Waals surface area contributed by atoms with Crippen molar-refractivity contribution in [2.75, 3.05) is 39.9 Å². The van der Waals surface area contributed by atoms with Crippen LogP contribution in [0.1, 0.15) is 52.7 Å². The van der Waals surface area contributed by atoms with Crippen LogP contribution in [0.3, 0.4) is 0 Å². The van der Waals surface area contributed by atoms with Gasteiger partial charge in [0.15, 0.2) is 16.9 Å². The Hall–Kier alpha value is -3.58. The summed E-state index contributed by atoms with van der Waals surface area (Å²) < 4.78 is 17.4. The van der Waals surface area contributed by atoms with Gasteiger partial charge in [-0.15, -0.1) is 0 Å². The van der Waals surface area contributed by atoms with Crippen molar-refractivity contribution in [3.05, 3.63) is 81.2 Å². The number of fused-ring (bicyclic) bond motifs is 2. The van der Waals surface area contributed by atoms with Crippen molar-refractivity contribution in [3.8, 4) is 11.5 Å². The maximum Gasteiger partial charge on any atom is 0.290 e. The summed E-state index contributed by atoms with van der Waals surface area (Å²) in [5, 5.41) is 0.484. The van der Waals surface area contributed by atoms with Gasteiger partial charge in [0, 0.05) is 13.1 Å². The van der Waals surface area contributed by atoms with Crippen LogP contribution in [0.25, 0.3) is 11.0 Å². The van der Waals surface area contributed by atoms with Crippen LogP contribution >= 0.6 is 0 Å². The molecule has 1 aromatic heterocycles. The van der Waals surface area contributed by atoms with Crippen molar-refractivity contribution in [2.45, 2.75) is 33.7 Å². The minimum absolute atomic E-state index is 0.117. The number of nitrogens with zero attached hydrogens (tertiary/aromatic N) is 2. The second-order valence-electron chi connectivity index (χ2n) is 9.04. The molecule has 1 atom stereocenters. The molecule has 4 rings (SSSR count). The Morgan fingerprint density at radius 1 is 1.08 bits per heavy atom. The number of aryl methyl sites for hydroxylation is 2. The minimum atomic E-state index is -0.590. The lowest BCUT2D eigenvalue weighted by atomic mass is 9.97. The van der Waals surface area contributed by atoms with E-state index >= 15 is 0 Å². The van der Waals surface area contributed by atoms with Gasteiger partial charge in [0.1, 0.15) is 12.2 Å². The van der Waals surface area contributed by atoms with Crippen LogP contribution in [0.15, 0.2) is 52.2 Å². The zero-order valence-electron chi connectivity index (χ0n) is 21.7. The Morgan fingerprint density at radius 3 is 2.47 bits per heavy atom. The van der Waals surface area contributed by atoms with Gasteiger partial charge < -0.3 is 23.7 Å². The SMILES string of the molecule is C=CCOc1ccc(C2c3c(oc4cc(C)c(C)cc4c3=O)C(=O)N2CCN(CC)CC)cc1OC. The molecule has 2 heterocycles. The first kappa shape index (κ1) is 25.5. The number of hydrogen-bond acceptors (Lipinski definition) is 6. The van der Waals surface area contributed by atoms with Gasteiger partial charge in [0.05, 0.1) is 24.1 Å². The largest absolute Gasteiger partial charge is 0.493 e. The van der Waals surface area contributed by atoms with E-state index in [1.54, 1.807) is 24.2 Å². The van der Waals surface area contributed by atoms with E-state index in [4.69, 9.17) is 13.9 Å². The monoisotopic (exact) mass is 490 g/mol. The number of ether oxygens (including phenoxy) is 2. The van der Waals surface area contributed by atoms with E-state index in [-0.39, 0.29) is 17.1 Å². The highest BCUT2D eigenvalue weighted by Gasteiger charge is 2.43. The van der Waals surface area contributed by atoms with Crippen molar-refractivity contribution in [2.24, 2.45) is 0 Å². The molecule has 0 N–H and O–H groups in total. The Labute approximate surface area is 211 Å². The predicted molar refractivity (Wildman–Crippen MR) is 141 cm³/mol. The fourth-order valence-electron chi connectivity index (χ4n) is 4.76. The lowest BCUT2D eigenvalue weighted by Gasteiger charge is -2.28. The third-order valence-corrected chi connectivity index (χ3v) is 6.99. The molecule has 0 aliphatic carbocycles. The molecule has 1 aliphatic heterocycles. The standard InChI is InChI=1S/C29H34N2O5/c1-7-14-35-22-11-10-20(17-24(22)34-6)26-25-27(32)21-15-18(4)19(5)16-23(21)36-28(25)29(33)31(26)13-12-30(8-2)9-3/h7,10-11,15-17,26H,1,8-9,12-14H2,2-6H3. The number of amides is 1. The Morgan fingerprint density at radius 2 is 1.81 bits per heavy atom. The number of likely N-dealkylation sites (N-methyl/N-ethyl adjacent to an activating group) is 1. The molecule has 0 fully saturated rings. The number of methoxy groups -OCH3 is 1. The maximum atomic E-state index is 13.9. The van der Waals surface area contributed by atoms with Gasteiger partial charge in [-0.3, -0.25) is 9.59 Å². The summed E-state index contributed by atoms with van der Waals surface area (Å²) >= 11 is 0.